The predicted molar refractivity (Wildman–Crippen MR) is 154 cm³/mol. The molecule has 0 atom stereocenters. The van der Waals surface area contributed by atoms with Crippen molar-refractivity contribution in [2.45, 2.75) is 51.6 Å². The van der Waals surface area contributed by atoms with Crippen LogP contribution in [0.4, 0.5) is 5.95 Å². The molecule has 9 heteroatoms. The Balaban J connectivity index is 1.31. The lowest BCUT2D eigenvalue weighted by Gasteiger charge is -2.32. The molecule has 1 saturated carbocycles. The van der Waals surface area contributed by atoms with Crippen LogP contribution in [-0.2, 0) is 13.6 Å². The first-order valence-corrected chi connectivity index (χ1v) is 14.1. The lowest BCUT2D eigenvalue weighted by atomic mass is 9.95. The first-order valence-electron chi connectivity index (χ1n) is 14.1. The SMILES string of the molecule is Cc1cc(C(=O)Nc2nc3cc(CN4CCN(C)CC4)ccc3n2C2CCCCC2)cc(-c2cnn(C)c2)n1. The average molecular weight is 527 g/mol. The molecule has 1 N–H and O–H groups in total. The number of rotatable bonds is 6. The molecule has 9 nitrogen and oxygen atoms in total. The van der Waals surface area contributed by atoms with E-state index in [-0.39, 0.29) is 5.91 Å². The van der Waals surface area contributed by atoms with E-state index in [0.717, 1.165) is 73.6 Å². The quantitative estimate of drug-likeness (QED) is 0.394. The molecule has 0 spiro atoms. The van der Waals surface area contributed by atoms with Gasteiger partial charge in [-0.3, -0.25) is 24.7 Å². The van der Waals surface area contributed by atoms with Crippen molar-refractivity contribution in [1.82, 2.24) is 34.1 Å². The Hall–Kier alpha value is -3.56. The second-order valence-electron chi connectivity index (χ2n) is 11.2. The number of hydrogen-bond acceptors (Lipinski definition) is 6. The van der Waals surface area contributed by atoms with Crippen molar-refractivity contribution in [3.63, 3.8) is 0 Å². The number of pyridine rings is 1. The lowest BCUT2D eigenvalue weighted by Crippen LogP contribution is -2.43. The fourth-order valence-electron chi connectivity index (χ4n) is 5.98. The molecule has 4 aromatic rings. The number of benzene rings is 1. The van der Waals surface area contributed by atoms with Crippen molar-refractivity contribution in [1.29, 1.82) is 0 Å². The molecule has 6 rings (SSSR count). The molecule has 0 bridgehead atoms. The highest BCUT2D eigenvalue weighted by Gasteiger charge is 2.24. The fourth-order valence-corrected chi connectivity index (χ4v) is 5.98. The van der Waals surface area contributed by atoms with E-state index in [1.54, 1.807) is 10.9 Å². The predicted octanol–water partition coefficient (Wildman–Crippen LogP) is 4.65. The third-order valence-corrected chi connectivity index (χ3v) is 8.14. The number of amides is 1. The van der Waals surface area contributed by atoms with E-state index in [0.29, 0.717) is 17.6 Å². The monoisotopic (exact) mass is 526 g/mol. The van der Waals surface area contributed by atoms with Gasteiger partial charge in [0.2, 0.25) is 5.95 Å². The van der Waals surface area contributed by atoms with Gasteiger partial charge in [-0.1, -0.05) is 25.3 Å². The van der Waals surface area contributed by atoms with Crippen molar-refractivity contribution in [2.75, 3.05) is 38.5 Å². The van der Waals surface area contributed by atoms with Gasteiger partial charge in [-0.2, -0.15) is 5.10 Å². The van der Waals surface area contributed by atoms with E-state index in [2.05, 4.69) is 55.0 Å². The maximum atomic E-state index is 13.6. The van der Waals surface area contributed by atoms with E-state index in [1.165, 1.54) is 24.8 Å². The summed E-state index contributed by atoms with van der Waals surface area (Å²) in [6, 6.07) is 10.7. The summed E-state index contributed by atoms with van der Waals surface area (Å²) >= 11 is 0. The molecule has 1 aliphatic carbocycles. The van der Waals surface area contributed by atoms with Crippen LogP contribution in [0.1, 0.15) is 59.8 Å². The Morgan fingerprint density at radius 1 is 1.00 bits per heavy atom. The van der Waals surface area contributed by atoms with Crippen LogP contribution in [0.25, 0.3) is 22.3 Å². The number of carbonyl (C=O) groups is 1. The van der Waals surface area contributed by atoms with Gasteiger partial charge in [-0.15, -0.1) is 0 Å². The Kier molecular flexibility index (Phi) is 7.18. The van der Waals surface area contributed by atoms with Crippen LogP contribution in [0.5, 0.6) is 0 Å². The topological polar surface area (TPSA) is 84.1 Å². The van der Waals surface area contributed by atoms with Gasteiger partial charge in [-0.05, 0) is 56.6 Å². The van der Waals surface area contributed by atoms with Gasteiger partial charge in [0.05, 0.1) is 22.9 Å². The minimum Gasteiger partial charge on any atom is -0.307 e. The van der Waals surface area contributed by atoms with Crippen molar-refractivity contribution >= 4 is 22.9 Å². The summed E-state index contributed by atoms with van der Waals surface area (Å²) < 4.78 is 4.02. The van der Waals surface area contributed by atoms with Gasteiger partial charge < -0.3 is 9.47 Å². The summed E-state index contributed by atoms with van der Waals surface area (Å²) in [6.45, 7) is 7.21. The summed E-state index contributed by atoms with van der Waals surface area (Å²) in [6.07, 6.45) is 9.58. The molecule has 39 heavy (non-hydrogen) atoms. The molecule has 1 saturated heterocycles. The number of nitrogens with zero attached hydrogens (tertiary/aromatic N) is 7. The van der Waals surface area contributed by atoms with Crippen molar-refractivity contribution in [3.05, 3.63) is 59.5 Å². The first kappa shape index (κ1) is 25.7. The van der Waals surface area contributed by atoms with Crippen molar-refractivity contribution in [3.8, 4) is 11.3 Å². The zero-order valence-electron chi connectivity index (χ0n) is 23.2. The largest absolute Gasteiger partial charge is 0.307 e. The van der Waals surface area contributed by atoms with Gasteiger partial charge in [0.25, 0.3) is 5.91 Å². The minimum atomic E-state index is -0.171. The van der Waals surface area contributed by atoms with Gasteiger partial charge in [-0.25, -0.2) is 4.98 Å². The number of hydrogen-bond donors (Lipinski definition) is 1. The number of aryl methyl sites for hydroxylation is 2. The molecule has 1 aliphatic heterocycles. The maximum Gasteiger partial charge on any atom is 0.258 e. The van der Waals surface area contributed by atoms with Gasteiger partial charge in [0.1, 0.15) is 0 Å². The average Bonchev–Trinajstić information content (AvgIpc) is 3.53. The van der Waals surface area contributed by atoms with Crippen molar-refractivity contribution < 1.29 is 4.79 Å². The minimum absolute atomic E-state index is 0.171. The van der Waals surface area contributed by atoms with Gasteiger partial charge >= 0.3 is 0 Å². The maximum absolute atomic E-state index is 13.6. The van der Waals surface area contributed by atoms with Crippen LogP contribution in [0.2, 0.25) is 0 Å². The Labute approximate surface area is 229 Å². The highest BCUT2D eigenvalue weighted by Crippen LogP contribution is 2.35. The number of carbonyl (C=O) groups excluding carboxylic acids is 1. The zero-order chi connectivity index (χ0) is 26.9. The smallest absolute Gasteiger partial charge is 0.258 e. The molecule has 1 aromatic carbocycles. The summed E-state index contributed by atoms with van der Waals surface area (Å²) in [5, 5.41) is 7.44. The molecule has 1 amide bonds. The Morgan fingerprint density at radius 2 is 1.79 bits per heavy atom. The van der Waals surface area contributed by atoms with Crippen LogP contribution in [0.15, 0.2) is 42.7 Å². The molecular weight excluding hydrogens is 488 g/mol. The molecule has 0 radical (unpaired) electrons. The Bertz CT molecular complexity index is 1470. The molecule has 4 heterocycles. The third-order valence-electron chi connectivity index (χ3n) is 8.14. The number of nitrogens with one attached hydrogen (secondary N) is 1. The van der Waals surface area contributed by atoms with Crippen LogP contribution >= 0.6 is 0 Å². The fraction of sp³-hybridized carbons (Fsp3) is 0.467. The van der Waals surface area contributed by atoms with Gasteiger partial charge in [0.15, 0.2) is 0 Å². The van der Waals surface area contributed by atoms with Crippen LogP contribution in [-0.4, -0.2) is 73.2 Å². The van der Waals surface area contributed by atoms with Crippen LogP contribution in [0, 0.1) is 6.92 Å². The third kappa shape index (κ3) is 5.60. The molecule has 204 valence electrons. The number of anilines is 1. The van der Waals surface area contributed by atoms with E-state index in [4.69, 9.17) is 4.98 Å². The Morgan fingerprint density at radius 3 is 2.54 bits per heavy atom. The summed E-state index contributed by atoms with van der Waals surface area (Å²) in [4.78, 5) is 28.1. The van der Waals surface area contributed by atoms with E-state index >= 15 is 0 Å². The van der Waals surface area contributed by atoms with E-state index < -0.39 is 0 Å². The molecule has 2 fully saturated rings. The molecule has 0 unspecified atom stereocenters. The zero-order valence-corrected chi connectivity index (χ0v) is 23.2. The number of likely N-dealkylation sites (N-methyl/N-ethyl adjacent to an activating group) is 1. The lowest BCUT2D eigenvalue weighted by molar-refractivity contribution is 0.102. The standard InChI is InChI=1S/C30H38N8O/c1-21-15-23(17-26(32-21)24-18-31-36(3)20-24)29(39)34-30-33-27-16-22(19-37-13-11-35(2)12-14-37)9-10-28(27)38(30)25-7-5-4-6-8-25/h9-10,15-18,20,25H,4-8,11-14,19H2,1-3H3,(H,33,34,39). The number of imidazole rings is 1. The highest BCUT2D eigenvalue weighted by atomic mass is 16.1. The highest BCUT2D eigenvalue weighted by molar-refractivity contribution is 6.04. The normalized spacial score (nSPS) is 17.6. The number of fused-ring (bicyclic) bond motifs is 1. The molecular formula is C30H38N8O. The van der Waals surface area contributed by atoms with Crippen molar-refractivity contribution in [2.24, 2.45) is 7.05 Å². The number of piperazine rings is 1. The summed E-state index contributed by atoms with van der Waals surface area (Å²) in [7, 11) is 4.06. The first-order chi connectivity index (χ1) is 18.9. The second kappa shape index (κ2) is 10.9. The van der Waals surface area contributed by atoms with Crippen LogP contribution in [0.3, 0.4) is 0 Å². The number of aromatic nitrogens is 5. The summed E-state index contributed by atoms with van der Waals surface area (Å²) in [5.74, 6) is 0.465. The van der Waals surface area contributed by atoms with E-state index in [1.807, 2.05) is 32.3 Å². The molecule has 3 aromatic heterocycles. The molecule has 2 aliphatic rings. The van der Waals surface area contributed by atoms with E-state index in [9.17, 15) is 4.79 Å². The van der Waals surface area contributed by atoms with Crippen LogP contribution < -0.4 is 5.32 Å². The summed E-state index contributed by atoms with van der Waals surface area (Å²) in [5.41, 5.74) is 6.30. The van der Waals surface area contributed by atoms with Gasteiger partial charge in [0, 0.05) is 68.8 Å². The second-order valence-corrected chi connectivity index (χ2v) is 11.2.